The molecule has 0 bridgehead atoms. The number of unbranched alkanes of at least 4 members (excludes halogenated alkanes) is 1. The molecule has 1 saturated heterocycles. The molecular weight excluding hydrogens is 282 g/mol. The first-order valence-corrected chi connectivity index (χ1v) is 8.00. The molecule has 1 heterocycles. The lowest BCUT2D eigenvalue weighted by atomic mass is 10.2. The molecule has 3 atom stereocenters. The third-order valence-corrected chi connectivity index (χ3v) is 3.51. The highest BCUT2D eigenvalue weighted by atomic mass is 16.5. The SMILES string of the molecule is C=C(C)C(=O)OCC(O)CO/C(=C\CCC)CCN1CC1C. The summed E-state index contributed by atoms with van der Waals surface area (Å²) in [6, 6.07) is 0.680. The quantitative estimate of drug-likeness (QED) is 0.274. The lowest BCUT2D eigenvalue weighted by Crippen LogP contribution is -2.24. The fourth-order valence-electron chi connectivity index (χ4n) is 1.94. The molecule has 1 N–H and O–H groups in total. The van der Waals surface area contributed by atoms with Crippen molar-refractivity contribution in [3.8, 4) is 0 Å². The molecule has 0 amide bonds. The zero-order valence-corrected chi connectivity index (χ0v) is 14.0. The molecule has 0 radical (unpaired) electrons. The lowest BCUT2D eigenvalue weighted by Gasteiger charge is -2.15. The second-order valence-electron chi connectivity index (χ2n) is 5.90. The number of esters is 1. The van der Waals surface area contributed by atoms with Gasteiger partial charge >= 0.3 is 5.97 Å². The molecule has 0 aliphatic carbocycles. The van der Waals surface area contributed by atoms with Crippen LogP contribution in [0.5, 0.6) is 0 Å². The number of rotatable bonds is 11. The van der Waals surface area contributed by atoms with Crippen LogP contribution in [0, 0.1) is 0 Å². The van der Waals surface area contributed by atoms with E-state index in [4.69, 9.17) is 9.47 Å². The maximum atomic E-state index is 11.3. The second kappa shape index (κ2) is 9.64. The summed E-state index contributed by atoms with van der Waals surface area (Å²) in [6.45, 7) is 11.6. The number of hydrogen-bond acceptors (Lipinski definition) is 5. The molecule has 22 heavy (non-hydrogen) atoms. The third-order valence-electron chi connectivity index (χ3n) is 3.51. The van der Waals surface area contributed by atoms with Crippen LogP contribution in [-0.4, -0.2) is 54.4 Å². The van der Waals surface area contributed by atoms with Crippen LogP contribution in [0.4, 0.5) is 0 Å². The smallest absolute Gasteiger partial charge is 0.333 e. The average Bonchev–Trinajstić information content (AvgIpc) is 3.19. The molecule has 126 valence electrons. The minimum atomic E-state index is -0.825. The van der Waals surface area contributed by atoms with Crippen molar-refractivity contribution in [1.82, 2.24) is 4.90 Å². The summed E-state index contributed by atoms with van der Waals surface area (Å²) in [4.78, 5) is 13.6. The van der Waals surface area contributed by atoms with E-state index in [1.54, 1.807) is 6.92 Å². The first-order chi connectivity index (χ1) is 10.4. The minimum absolute atomic E-state index is 0.0735. The molecule has 0 saturated carbocycles. The summed E-state index contributed by atoms with van der Waals surface area (Å²) in [5, 5.41) is 9.82. The summed E-state index contributed by atoms with van der Waals surface area (Å²) < 4.78 is 10.6. The van der Waals surface area contributed by atoms with E-state index in [0.29, 0.717) is 11.6 Å². The van der Waals surface area contributed by atoms with Crippen molar-refractivity contribution in [2.45, 2.75) is 52.2 Å². The molecule has 1 rings (SSSR count). The first-order valence-electron chi connectivity index (χ1n) is 8.00. The Hall–Kier alpha value is -1.33. The number of nitrogens with zero attached hydrogens (tertiary/aromatic N) is 1. The highest BCUT2D eigenvalue weighted by Gasteiger charge is 2.28. The van der Waals surface area contributed by atoms with Crippen LogP contribution in [0.3, 0.4) is 0 Å². The molecule has 1 aliphatic heterocycles. The van der Waals surface area contributed by atoms with Crippen LogP contribution in [0.1, 0.15) is 40.0 Å². The molecule has 5 heteroatoms. The van der Waals surface area contributed by atoms with Crippen molar-refractivity contribution in [3.63, 3.8) is 0 Å². The number of ether oxygens (including phenoxy) is 2. The van der Waals surface area contributed by atoms with Gasteiger partial charge in [-0.25, -0.2) is 4.79 Å². The highest BCUT2D eigenvalue weighted by molar-refractivity contribution is 5.86. The molecule has 1 fully saturated rings. The largest absolute Gasteiger partial charge is 0.495 e. The summed E-state index contributed by atoms with van der Waals surface area (Å²) in [6.07, 6.45) is 4.13. The Morgan fingerprint density at radius 3 is 2.64 bits per heavy atom. The average molecular weight is 311 g/mol. The molecule has 0 aromatic rings. The van der Waals surface area contributed by atoms with Gasteiger partial charge in [0.05, 0.1) is 5.76 Å². The number of aliphatic hydroxyl groups excluding tert-OH is 1. The van der Waals surface area contributed by atoms with E-state index in [0.717, 1.165) is 38.1 Å². The Labute approximate surface area is 133 Å². The van der Waals surface area contributed by atoms with Gasteiger partial charge in [-0.1, -0.05) is 19.9 Å². The van der Waals surface area contributed by atoms with Crippen molar-refractivity contribution in [1.29, 1.82) is 0 Å². The first kappa shape index (κ1) is 18.7. The summed E-state index contributed by atoms with van der Waals surface area (Å²) in [5.41, 5.74) is 0.323. The normalized spacial score (nSPS) is 22.1. The van der Waals surface area contributed by atoms with Gasteiger partial charge in [-0.15, -0.1) is 0 Å². The Morgan fingerprint density at radius 2 is 2.09 bits per heavy atom. The van der Waals surface area contributed by atoms with E-state index in [9.17, 15) is 9.90 Å². The van der Waals surface area contributed by atoms with Gasteiger partial charge in [0.15, 0.2) is 0 Å². The van der Waals surface area contributed by atoms with Gasteiger partial charge in [-0.05, 0) is 26.3 Å². The third kappa shape index (κ3) is 7.61. The second-order valence-corrected chi connectivity index (χ2v) is 5.90. The molecule has 0 spiro atoms. The Bertz CT molecular complexity index is 405. The van der Waals surface area contributed by atoms with Gasteiger partial charge in [0.25, 0.3) is 0 Å². The molecule has 0 aromatic heterocycles. The highest BCUT2D eigenvalue weighted by Crippen LogP contribution is 2.18. The van der Waals surface area contributed by atoms with Crippen molar-refractivity contribution < 1.29 is 19.4 Å². The molecule has 5 nitrogen and oxygen atoms in total. The van der Waals surface area contributed by atoms with Crippen molar-refractivity contribution >= 4 is 5.97 Å². The van der Waals surface area contributed by atoms with E-state index in [1.165, 1.54) is 0 Å². The van der Waals surface area contributed by atoms with Crippen LogP contribution < -0.4 is 0 Å². The van der Waals surface area contributed by atoms with E-state index in [2.05, 4.69) is 31.4 Å². The van der Waals surface area contributed by atoms with Gasteiger partial charge in [0, 0.05) is 31.1 Å². The van der Waals surface area contributed by atoms with Gasteiger partial charge in [0.1, 0.15) is 19.3 Å². The monoisotopic (exact) mass is 311 g/mol. The molecular formula is C17H29NO4. The van der Waals surface area contributed by atoms with Crippen molar-refractivity contribution in [3.05, 3.63) is 24.0 Å². The van der Waals surface area contributed by atoms with Crippen LogP contribution in [0.2, 0.25) is 0 Å². The zero-order valence-electron chi connectivity index (χ0n) is 14.0. The standard InChI is InChI=1S/C17H29NO4/c1-5-6-7-16(8-9-18-10-14(18)4)21-11-15(19)12-22-17(20)13(2)3/h7,14-15,19H,2,5-6,8-12H2,1,3-4H3/b16-7-. The van der Waals surface area contributed by atoms with Gasteiger partial charge in [0.2, 0.25) is 0 Å². The van der Waals surface area contributed by atoms with E-state index in [1.807, 2.05) is 0 Å². The van der Waals surface area contributed by atoms with E-state index >= 15 is 0 Å². The Morgan fingerprint density at radius 1 is 1.45 bits per heavy atom. The van der Waals surface area contributed by atoms with E-state index in [-0.39, 0.29) is 13.2 Å². The van der Waals surface area contributed by atoms with Gasteiger partial charge in [-0.3, -0.25) is 4.90 Å². The predicted octanol–water partition coefficient (Wildman–Crippen LogP) is 2.26. The maximum Gasteiger partial charge on any atom is 0.333 e. The summed E-state index contributed by atoms with van der Waals surface area (Å²) in [7, 11) is 0. The molecule has 1 aliphatic rings. The topological polar surface area (TPSA) is 58.8 Å². The predicted molar refractivity (Wildman–Crippen MR) is 86.4 cm³/mol. The number of hydrogen-bond donors (Lipinski definition) is 1. The Kier molecular flexibility index (Phi) is 8.20. The maximum absolute atomic E-state index is 11.3. The van der Waals surface area contributed by atoms with Crippen LogP contribution in [0.15, 0.2) is 24.0 Å². The number of aliphatic hydroxyl groups is 1. The summed E-state index contributed by atoms with van der Waals surface area (Å²) in [5.74, 6) is 0.419. The van der Waals surface area contributed by atoms with Crippen molar-refractivity contribution in [2.24, 2.45) is 0 Å². The fourth-order valence-corrected chi connectivity index (χ4v) is 1.94. The number of carbonyl (C=O) groups is 1. The van der Waals surface area contributed by atoms with Gasteiger partial charge < -0.3 is 14.6 Å². The Balaban J connectivity index is 2.28. The lowest BCUT2D eigenvalue weighted by molar-refractivity contribution is -0.142. The van der Waals surface area contributed by atoms with E-state index < -0.39 is 12.1 Å². The fraction of sp³-hybridized carbons (Fsp3) is 0.706. The molecule has 0 aromatic carbocycles. The molecule has 3 unspecified atom stereocenters. The van der Waals surface area contributed by atoms with Gasteiger partial charge in [-0.2, -0.15) is 0 Å². The number of carbonyl (C=O) groups excluding carboxylic acids is 1. The van der Waals surface area contributed by atoms with Crippen LogP contribution >= 0.6 is 0 Å². The minimum Gasteiger partial charge on any atom is -0.495 e. The summed E-state index contributed by atoms with van der Waals surface area (Å²) >= 11 is 0. The number of allylic oxidation sites excluding steroid dienone is 1. The van der Waals surface area contributed by atoms with Crippen molar-refractivity contribution in [2.75, 3.05) is 26.3 Å². The zero-order chi connectivity index (χ0) is 16.5. The van der Waals surface area contributed by atoms with Crippen LogP contribution in [0.25, 0.3) is 0 Å². The van der Waals surface area contributed by atoms with Crippen LogP contribution in [-0.2, 0) is 14.3 Å².